The second kappa shape index (κ2) is 11.9. The Bertz CT molecular complexity index is 1670. The minimum Gasteiger partial charge on any atom is -0.321 e. The molecule has 0 aliphatic carbocycles. The van der Waals surface area contributed by atoms with Crippen LogP contribution in [0.15, 0.2) is 71.5 Å². The molecule has 2 aromatic heterocycles. The fourth-order valence-corrected chi connectivity index (χ4v) is 5.50. The Morgan fingerprint density at radius 1 is 0.975 bits per heavy atom. The van der Waals surface area contributed by atoms with Gasteiger partial charge >= 0.3 is 0 Å². The Balaban J connectivity index is 1.50. The summed E-state index contributed by atoms with van der Waals surface area (Å²) in [7, 11) is 0. The van der Waals surface area contributed by atoms with Gasteiger partial charge in [0.05, 0.1) is 18.1 Å². The highest BCUT2D eigenvalue weighted by Gasteiger charge is 2.26. The molecule has 3 aromatic carbocycles. The maximum absolute atomic E-state index is 13.5. The van der Waals surface area contributed by atoms with E-state index >= 15 is 0 Å². The Kier molecular flexibility index (Phi) is 8.16. The number of aromatic amines is 1. The summed E-state index contributed by atoms with van der Waals surface area (Å²) in [4.78, 5) is 18.7. The first-order valence-corrected chi connectivity index (χ1v) is 13.7. The zero-order chi connectivity index (χ0) is 28.2. The van der Waals surface area contributed by atoms with Crippen molar-refractivity contribution in [1.82, 2.24) is 30.1 Å². The molecule has 5 rings (SSSR count). The molecule has 0 saturated heterocycles. The molecule has 40 heavy (non-hydrogen) atoms. The summed E-state index contributed by atoms with van der Waals surface area (Å²) in [6, 6.07) is 20.9. The molecule has 0 unspecified atom stereocenters. The minimum atomic E-state index is -0.277. The van der Waals surface area contributed by atoms with Gasteiger partial charge in [-0.05, 0) is 95.9 Å². The lowest BCUT2D eigenvalue weighted by atomic mass is 10.0. The highest BCUT2D eigenvalue weighted by Crippen LogP contribution is 2.26. The molecule has 0 aliphatic rings. The summed E-state index contributed by atoms with van der Waals surface area (Å²) in [5.74, 6) is 0.445. The van der Waals surface area contributed by atoms with Crippen LogP contribution in [-0.4, -0.2) is 36.6 Å². The van der Waals surface area contributed by atoms with Crippen molar-refractivity contribution in [3.8, 4) is 0 Å². The van der Waals surface area contributed by atoms with Crippen molar-refractivity contribution in [1.29, 1.82) is 0 Å². The Morgan fingerprint density at radius 3 is 2.50 bits per heavy atom. The number of tetrazole rings is 1. The van der Waals surface area contributed by atoms with E-state index in [0.29, 0.717) is 18.7 Å². The first kappa shape index (κ1) is 27.4. The van der Waals surface area contributed by atoms with Gasteiger partial charge in [0.2, 0.25) is 0 Å². The summed E-state index contributed by atoms with van der Waals surface area (Å²) in [5, 5.41) is 13.7. The normalized spacial score (nSPS) is 12.3. The van der Waals surface area contributed by atoms with E-state index in [1.165, 1.54) is 23.3 Å². The fourth-order valence-electron chi connectivity index (χ4n) is 5.50. The van der Waals surface area contributed by atoms with Gasteiger partial charge in [-0.3, -0.25) is 9.69 Å². The number of hydrogen-bond acceptors (Lipinski definition) is 5. The number of nitrogens with one attached hydrogen (secondary N) is 1. The van der Waals surface area contributed by atoms with E-state index in [1.54, 1.807) is 16.8 Å². The molecule has 0 bridgehead atoms. The van der Waals surface area contributed by atoms with E-state index < -0.39 is 0 Å². The Morgan fingerprint density at radius 2 is 1.75 bits per heavy atom. The average Bonchev–Trinajstić information content (AvgIpc) is 3.38. The van der Waals surface area contributed by atoms with Crippen LogP contribution < -0.4 is 5.56 Å². The minimum absolute atomic E-state index is 0.0823. The van der Waals surface area contributed by atoms with Crippen molar-refractivity contribution >= 4 is 10.9 Å². The molecule has 8 heteroatoms. The molecule has 1 N–H and O–H groups in total. The molecule has 0 aliphatic heterocycles. The van der Waals surface area contributed by atoms with Crippen LogP contribution in [0.3, 0.4) is 0 Å². The molecule has 0 spiro atoms. The van der Waals surface area contributed by atoms with Crippen molar-refractivity contribution in [2.45, 2.75) is 59.7 Å². The first-order valence-electron chi connectivity index (χ1n) is 13.7. The standard InChI is InChI=1S/C32H35FN6O/c1-5-29(31-35-36-37-39(31)19-24-10-12-28(33)13-11-24)38(15-14-25-9-7-6-8-22(25)3)20-27-18-26-17-21(2)16-23(4)30(26)34-32(27)40/h6-13,16-18,29H,5,14-15,19-20H2,1-4H3,(H,34,40)/t29-/m0/s1. The van der Waals surface area contributed by atoms with Crippen molar-refractivity contribution < 1.29 is 4.39 Å². The molecular formula is C32H35FN6O. The van der Waals surface area contributed by atoms with Crippen LogP contribution in [0, 0.1) is 26.6 Å². The van der Waals surface area contributed by atoms with Gasteiger partial charge in [0.1, 0.15) is 5.82 Å². The van der Waals surface area contributed by atoms with E-state index in [9.17, 15) is 9.18 Å². The Labute approximate surface area is 233 Å². The summed E-state index contributed by atoms with van der Waals surface area (Å²) in [6.07, 6.45) is 1.58. The lowest BCUT2D eigenvalue weighted by molar-refractivity contribution is 0.172. The monoisotopic (exact) mass is 538 g/mol. The first-order chi connectivity index (χ1) is 19.3. The van der Waals surface area contributed by atoms with Crippen LogP contribution >= 0.6 is 0 Å². The van der Waals surface area contributed by atoms with Crippen molar-refractivity contribution in [3.05, 3.63) is 122 Å². The number of pyridine rings is 1. The summed E-state index contributed by atoms with van der Waals surface area (Å²) in [5.41, 5.74) is 7.14. The summed E-state index contributed by atoms with van der Waals surface area (Å²) in [6.45, 7) is 9.93. The Hall–Kier alpha value is -4.17. The molecule has 7 nitrogen and oxygen atoms in total. The van der Waals surface area contributed by atoms with E-state index in [4.69, 9.17) is 0 Å². The molecular weight excluding hydrogens is 503 g/mol. The second-order valence-electron chi connectivity index (χ2n) is 10.6. The van der Waals surface area contributed by atoms with Gasteiger partial charge in [0, 0.05) is 18.7 Å². The van der Waals surface area contributed by atoms with Gasteiger partial charge in [-0.15, -0.1) is 5.10 Å². The van der Waals surface area contributed by atoms with Crippen LogP contribution in [0.5, 0.6) is 0 Å². The number of fused-ring (bicyclic) bond motifs is 1. The third-order valence-electron chi connectivity index (χ3n) is 7.60. The topological polar surface area (TPSA) is 79.7 Å². The summed E-state index contributed by atoms with van der Waals surface area (Å²) >= 11 is 0. The van der Waals surface area contributed by atoms with Crippen molar-refractivity contribution in [2.75, 3.05) is 6.54 Å². The van der Waals surface area contributed by atoms with E-state index in [0.717, 1.165) is 52.8 Å². The van der Waals surface area contributed by atoms with Gasteiger partial charge in [-0.2, -0.15) is 0 Å². The molecule has 0 radical (unpaired) electrons. The number of halogens is 1. The van der Waals surface area contributed by atoms with Crippen LogP contribution in [0.1, 0.15) is 58.6 Å². The maximum atomic E-state index is 13.5. The number of H-pyrrole nitrogens is 1. The van der Waals surface area contributed by atoms with Gasteiger partial charge in [0.25, 0.3) is 5.56 Å². The number of hydrogen-bond donors (Lipinski definition) is 1. The molecule has 5 aromatic rings. The number of benzene rings is 3. The molecule has 0 fully saturated rings. The van der Waals surface area contributed by atoms with E-state index in [1.807, 2.05) is 19.1 Å². The maximum Gasteiger partial charge on any atom is 0.252 e. The number of nitrogens with zero attached hydrogens (tertiary/aromatic N) is 5. The number of rotatable bonds is 10. The molecule has 0 saturated carbocycles. The molecule has 0 amide bonds. The van der Waals surface area contributed by atoms with Crippen molar-refractivity contribution in [2.24, 2.45) is 0 Å². The lowest BCUT2D eigenvalue weighted by Crippen LogP contribution is -2.34. The summed E-state index contributed by atoms with van der Waals surface area (Å²) < 4.78 is 15.3. The quantitative estimate of drug-likeness (QED) is 0.242. The van der Waals surface area contributed by atoms with E-state index in [2.05, 4.69) is 76.5 Å². The van der Waals surface area contributed by atoms with E-state index in [-0.39, 0.29) is 17.4 Å². The third-order valence-corrected chi connectivity index (χ3v) is 7.60. The predicted molar refractivity (Wildman–Crippen MR) is 156 cm³/mol. The highest BCUT2D eigenvalue weighted by molar-refractivity contribution is 5.82. The number of aromatic nitrogens is 5. The van der Waals surface area contributed by atoms with Gasteiger partial charge in [-0.1, -0.05) is 55.0 Å². The zero-order valence-corrected chi connectivity index (χ0v) is 23.5. The molecule has 206 valence electrons. The average molecular weight is 539 g/mol. The van der Waals surface area contributed by atoms with Crippen LogP contribution in [0.4, 0.5) is 4.39 Å². The highest BCUT2D eigenvalue weighted by atomic mass is 19.1. The zero-order valence-electron chi connectivity index (χ0n) is 23.5. The van der Waals surface area contributed by atoms with Crippen molar-refractivity contribution in [3.63, 3.8) is 0 Å². The number of aryl methyl sites for hydroxylation is 3. The SMILES string of the molecule is CC[C@@H](c1nnnn1Cc1ccc(F)cc1)N(CCc1ccccc1C)Cc1cc2cc(C)cc(C)c2[nH]c1=O. The van der Waals surface area contributed by atoms with Gasteiger partial charge < -0.3 is 4.98 Å². The van der Waals surface area contributed by atoms with Gasteiger partial charge in [-0.25, -0.2) is 9.07 Å². The third kappa shape index (κ3) is 6.02. The van der Waals surface area contributed by atoms with Crippen LogP contribution in [0.2, 0.25) is 0 Å². The smallest absolute Gasteiger partial charge is 0.252 e. The molecule has 2 heterocycles. The lowest BCUT2D eigenvalue weighted by Gasteiger charge is -2.30. The largest absolute Gasteiger partial charge is 0.321 e. The molecule has 1 atom stereocenters. The van der Waals surface area contributed by atoms with Gasteiger partial charge in [0.15, 0.2) is 5.82 Å². The second-order valence-corrected chi connectivity index (χ2v) is 10.6. The van der Waals surface area contributed by atoms with Crippen LogP contribution in [-0.2, 0) is 19.5 Å². The predicted octanol–water partition coefficient (Wildman–Crippen LogP) is 5.82. The fraction of sp³-hybridized carbons (Fsp3) is 0.312. The van der Waals surface area contributed by atoms with Crippen LogP contribution in [0.25, 0.3) is 10.9 Å².